The minimum Gasteiger partial charge on any atom is -0.508 e. The van der Waals surface area contributed by atoms with Crippen LogP contribution in [0.5, 0.6) is 5.75 Å². The van der Waals surface area contributed by atoms with Gasteiger partial charge in [-0.3, -0.25) is 9.69 Å². The Hall–Kier alpha value is -2.99. The molecule has 1 atom stereocenters. The monoisotopic (exact) mass is 369 g/mol. The molecule has 7 heteroatoms. The average Bonchev–Trinajstić information content (AvgIpc) is 2.97. The first-order valence-corrected chi connectivity index (χ1v) is 8.47. The number of carbonyl (C=O) groups excluding carboxylic acids is 2. The van der Waals surface area contributed by atoms with Crippen molar-refractivity contribution in [3.8, 4) is 5.75 Å². The number of phenols is 1. The maximum atomic E-state index is 13.1. The van der Waals surface area contributed by atoms with Crippen LogP contribution in [0.15, 0.2) is 59.8 Å². The Morgan fingerprint density at radius 2 is 1.73 bits per heavy atom. The van der Waals surface area contributed by atoms with Crippen LogP contribution in [-0.4, -0.2) is 35.5 Å². The van der Waals surface area contributed by atoms with Crippen LogP contribution in [0.25, 0.3) is 0 Å². The second kappa shape index (κ2) is 6.07. The summed E-state index contributed by atoms with van der Waals surface area (Å²) in [5.41, 5.74) is 2.67. The van der Waals surface area contributed by atoms with E-state index in [1.807, 2.05) is 0 Å². The highest BCUT2D eigenvalue weighted by Gasteiger charge is 2.43. The van der Waals surface area contributed by atoms with Crippen molar-refractivity contribution >= 4 is 29.2 Å². The van der Waals surface area contributed by atoms with Crippen molar-refractivity contribution in [2.45, 2.75) is 6.04 Å². The van der Waals surface area contributed by atoms with Crippen LogP contribution in [0.3, 0.4) is 0 Å². The number of hydrogen-bond acceptors (Lipinski definition) is 3. The third-order valence-corrected chi connectivity index (χ3v) is 4.98. The molecule has 0 radical (unpaired) electrons. The van der Waals surface area contributed by atoms with Crippen LogP contribution in [0.4, 0.5) is 10.5 Å². The summed E-state index contributed by atoms with van der Waals surface area (Å²) < 4.78 is 0. The van der Waals surface area contributed by atoms with Gasteiger partial charge in [-0.05, 0) is 42.0 Å². The van der Waals surface area contributed by atoms with Crippen LogP contribution in [0.2, 0.25) is 5.02 Å². The van der Waals surface area contributed by atoms with Crippen LogP contribution < -0.4 is 10.2 Å². The summed E-state index contributed by atoms with van der Waals surface area (Å²) >= 11 is 5.94. The van der Waals surface area contributed by atoms with Crippen LogP contribution in [0.1, 0.15) is 11.6 Å². The smallest absolute Gasteiger partial charge is 0.322 e. The number of phenolic OH excluding ortho intramolecular Hbond substituents is 1. The van der Waals surface area contributed by atoms with Gasteiger partial charge in [-0.1, -0.05) is 23.7 Å². The quantitative estimate of drug-likeness (QED) is 0.854. The molecular weight excluding hydrogens is 354 g/mol. The Balaban J connectivity index is 1.75. The zero-order valence-electron chi connectivity index (χ0n) is 13.9. The molecule has 0 spiro atoms. The first kappa shape index (κ1) is 16.5. The normalized spacial score (nSPS) is 19.7. The molecule has 2 N–H and O–H groups in total. The zero-order chi connectivity index (χ0) is 18.4. The van der Waals surface area contributed by atoms with Gasteiger partial charge >= 0.3 is 6.03 Å². The molecule has 2 aromatic rings. The minimum absolute atomic E-state index is 0.128. The van der Waals surface area contributed by atoms with Crippen molar-refractivity contribution in [3.05, 3.63) is 70.4 Å². The van der Waals surface area contributed by atoms with E-state index in [-0.39, 0.29) is 17.7 Å². The molecule has 1 unspecified atom stereocenters. The molecule has 0 aliphatic carbocycles. The van der Waals surface area contributed by atoms with Gasteiger partial charge in [-0.2, -0.15) is 0 Å². The lowest BCUT2D eigenvalue weighted by Crippen LogP contribution is -2.45. The molecule has 3 amide bonds. The van der Waals surface area contributed by atoms with Gasteiger partial charge in [-0.15, -0.1) is 0 Å². The molecule has 0 fully saturated rings. The number of likely N-dealkylation sites (N-methyl/N-ethyl adjacent to an activating group) is 1. The number of aromatic hydroxyl groups is 1. The summed E-state index contributed by atoms with van der Waals surface area (Å²) in [6.07, 6.45) is 0. The maximum absolute atomic E-state index is 13.1. The Kier molecular flexibility index (Phi) is 3.85. The second-order valence-electron chi connectivity index (χ2n) is 6.26. The SMILES string of the molecule is CN1C(=O)NC(c2ccc(O)cc2)C2=C1CN(c1ccc(Cl)cc1)C2=O. The molecule has 26 heavy (non-hydrogen) atoms. The van der Waals surface area contributed by atoms with Gasteiger partial charge in [0.05, 0.1) is 23.9 Å². The molecule has 2 aliphatic heterocycles. The van der Waals surface area contributed by atoms with Gasteiger partial charge in [0.2, 0.25) is 0 Å². The lowest BCUT2D eigenvalue weighted by molar-refractivity contribution is -0.114. The second-order valence-corrected chi connectivity index (χ2v) is 6.70. The maximum Gasteiger partial charge on any atom is 0.322 e. The van der Waals surface area contributed by atoms with Crippen LogP contribution >= 0.6 is 11.6 Å². The number of carbonyl (C=O) groups is 2. The fraction of sp³-hybridized carbons (Fsp3) is 0.158. The van der Waals surface area contributed by atoms with E-state index in [9.17, 15) is 14.7 Å². The van der Waals surface area contributed by atoms with Gasteiger partial charge in [0.25, 0.3) is 5.91 Å². The topological polar surface area (TPSA) is 72.9 Å². The van der Waals surface area contributed by atoms with Gasteiger partial charge in [0.15, 0.2) is 0 Å². The summed E-state index contributed by atoms with van der Waals surface area (Å²) in [5.74, 6) is -0.0324. The Bertz CT molecular complexity index is 922. The third-order valence-electron chi connectivity index (χ3n) is 4.73. The Morgan fingerprint density at radius 1 is 1.08 bits per heavy atom. The molecular formula is C19H16ClN3O3. The number of nitrogens with one attached hydrogen (secondary N) is 1. The Labute approximate surface area is 155 Å². The lowest BCUT2D eigenvalue weighted by Gasteiger charge is -2.31. The summed E-state index contributed by atoms with van der Waals surface area (Å²) in [4.78, 5) is 28.6. The van der Waals surface area contributed by atoms with E-state index in [0.29, 0.717) is 22.8 Å². The van der Waals surface area contributed by atoms with E-state index < -0.39 is 6.04 Å². The van der Waals surface area contributed by atoms with Crippen LogP contribution in [-0.2, 0) is 4.79 Å². The summed E-state index contributed by atoms with van der Waals surface area (Å²) in [7, 11) is 1.65. The largest absolute Gasteiger partial charge is 0.508 e. The van der Waals surface area contributed by atoms with E-state index in [0.717, 1.165) is 11.3 Å². The number of benzene rings is 2. The molecule has 132 valence electrons. The molecule has 6 nitrogen and oxygen atoms in total. The number of urea groups is 1. The minimum atomic E-state index is -0.556. The highest BCUT2D eigenvalue weighted by molar-refractivity contribution is 6.30. The molecule has 2 aromatic carbocycles. The van der Waals surface area contributed by atoms with Gasteiger partial charge in [0.1, 0.15) is 5.75 Å². The number of anilines is 1. The highest BCUT2D eigenvalue weighted by Crippen LogP contribution is 2.38. The first-order chi connectivity index (χ1) is 12.5. The van der Waals surface area contributed by atoms with E-state index >= 15 is 0 Å². The summed E-state index contributed by atoms with van der Waals surface area (Å²) in [6.45, 7) is 0.314. The van der Waals surface area contributed by atoms with Crippen molar-refractivity contribution in [2.75, 3.05) is 18.5 Å². The number of hydrogen-bond donors (Lipinski definition) is 2. The fourth-order valence-corrected chi connectivity index (χ4v) is 3.44. The summed E-state index contributed by atoms with van der Waals surface area (Å²) in [6, 6.07) is 12.7. The molecule has 4 rings (SSSR count). The molecule has 2 aliphatic rings. The average molecular weight is 370 g/mol. The van der Waals surface area contributed by atoms with Gasteiger partial charge < -0.3 is 15.3 Å². The Morgan fingerprint density at radius 3 is 2.38 bits per heavy atom. The number of amides is 3. The third kappa shape index (κ3) is 2.59. The standard InChI is InChI=1S/C19H16ClN3O3/c1-22-15-10-23(13-6-4-12(20)5-7-13)18(25)16(15)17(21-19(22)26)11-2-8-14(24)9-3-11/h2-9,17,24H,10H2,1H3,(H,21,26). The van der Waals surface area contributed by atoms with Crippen LogP contribution in [0, 0.1) is 0 Å². The van der Waals surface area contributed by atoms with Crippen molar-refractivity contribution in [1.29, 1.82) is 0 Å². The predicted molar refractivity (Wildman–Crippen MR) is 98.0 cm³/mol. The van der Waals surface area contributed by atoms with E-state index in [1.165, 1.54) is 17.0 Å². The fourth-order valence-electron chi connectivity index (χ4n) is 3.31. The summed E-state index contributed by atoms with van der Waals surface area (Å²) in [5, 5.41) is 13.0. The number of rotatable bonds is 2. The molecule has 0 saturated carbocycles. The zero-order valence-corrected chi connectivity index (χ0v) is 14.7. The van der Waals surface area contributed by atoms with E-state index in [1.54, 1.807) is 48.3 Å². The molecule has 2 heterocycles. The van der Waals surface area contributed by atoms with Crippen molar-refractivity contribution in [2.24, 2.45) is 0 Å². The van der Waals surface area contributed by atoms with Crippen molar-refractivity contribution in [1.82, 2.24) is 10.2 Å². The number of halogens is 1. The molecule has 0 bridgehead atoms. The highest BCUT2D eigenvalue weighted by atomic mass is 35.5. The van der Waals surface area contributed by atoms with Crippen molar-refractivity contribution < 1.29 is 14.7 Å². The molecule has 0 aromatic heterocycles. The first-order valence-electron chi connectivity index (χ1n) is 8.09. The lowest BCUT2D eigenvalue weighted by atomic mass is 9.95. The van der Waals surface area contributed by atoms with E-state index in [4.69, 9.17) is 11.6 Å². The van der Waals surface area contributed by atoms with Crippen molar-refractivity contribution in [3.63, 3.8) is 0 Å². The van der Waals surface area contributed by atoms with E-state index in [2.05, 4.69) is 5.32 Å². The predicted octanol–water partition coefficient (Wildman–Crippen LogP) is 3.04. The number of nitrogens with zero attached hydrogens (tertiary/aromatic N) is 2. The molecule has 0 saturated heterocycles. The van der Waals surface area contributed by atoms with Gasteiger partial charge in [-0.25, -0.2) is 4.79 Å². The van der Waals surface area contributed by atoms with Gasteiger partial charge in [0, 0.05) is 17.8 Å².